The average Bonchev–Trinajstić information content (AvgIpc) is 3.45. The third kappa shape index (κ3) is 4.06. The number of aromatic nitrogens is 6. The summed E-state index contributed by atoms with van der Waals surface area (Å²) >= 11 is 1.53. The van der Waals surface area contributed by atoms with Crippen molar-refractivity contribution in [2.24, 2.45) is 0 Å². The second kappa shape index (κ2) is 9.08. The largest absolute Gasteiger partial charge is 0.494 e. The first-order valence-corrected chi connectivity index (χ1v) is 10.6. The molecular formula is C21H22N6O2S. The van der Waals surface area contributed by atoms with Gasteiger partial charge in [-0.1, -0.05) is 54.2 Å². The molecule has 0 saturated heterocycles. The Labute approximate surface area is 178 Å². The van der Waals surface area contributed by atoms with Gasteiger partial charge >= 0.3 is 0 Å². The molecule has 1 atom stereocenters. The molecule has 8 nitrogen and oxygen atoms in total. The lowest BCUT2D eigenvalue weighted by Gasteiger charge is -2.16. The first-order valence-electron chi connectivity index (χ1n) is 9.65. The maximum absolute atomic E-state index is 5.44. The molecule has 4 rings (SSSR count). The van der Waals surface area contributed by atoms with Crippen LogP contribution in [-0.4, -0.2) is 37.0 Å². The molecule has 0 aliphatic rings. The fraction of sp³-hybridized carbons (Fsp3) is 0.286. The zero-order chi connectivity index (χ0) is 20.9. The lowest BCUT2D eigenvalue weighted by atomic mass is 10.2. The normalized spacial score (nSPS) is 12.1. The van der Waals surface area contributed by atoms with Crippen LogP contribution in [0.15, 0.2) is 58.5 Å². The topological polar surface area (TPSA) is 91.8 Å². The molecule has 154 valence electrons. The van der Waals surface area contributed by atoms with E-state index in [1.807, 2.05) is 30.3 Å². The summed E-state index contributed by atoms with van der Waals surface area (Å²) in [6.45, 7) is 4.32. The minimum atomic E-state index is 0.261. The van der Waals surface area contributed by atoms with Crippen LogP contribution in [-0.2, 0) is 5.75 Å². The Balaban J connectivity index is 1.56. The van der Waals surface area contributed by atoms with Crippen molar-refractivity contribution in [3.05, 3.63) is 54.7 Å². The SMILES string of the molecule is CCC(C)n1c(SCc2nc(-c3ccncc3OC)no2)nnc1-c1ccccc1. The van der Waals surface area contributed by atoms with Gasteiger partial charge in [-0.2, -0.15) is 4.98 Å². The van der Waals surface area contributed by atoms with Crippen LogP contribution in [0.25, 0.3) is 22.8 Å². The molecule has 0 bridgehead atoms. The van der Waals surface area contributed by atoms with E-state index in [-0.39, 0.29) is 6.04 Å². The maximum Gasteiger partial charge on any atom is 0.237 e. The smallest absolute Gasteiger partial charge is 0.237 e. The van der Waals surface area contributed by atoms with Crippen LogP contribution in [0.5, 0.6) is 5.75 Å². The van der Waals surface area contributed by atoms with Crippen LogP contribution < -0.4 is 4.74 Å². The Kier molecular flexibility index (Phi) is 6.08. The summed E-state index contributed by atoms with van der Waals surface area (Å²) in [5.74, 6) is 2.93. The van der Waals surface area contributed by atoms with Gasteiger partial charge in [-0.05, 0) is 19.4 Å². The molecule has 3 heterocycles. The number of pyridine rings is 1. The fourth-order valence-electron chi connectivity index (χ4n) is 3.02. The van der Waals surface area contributed by atoms with E-state index in [1.54, 1.807) is 25.6 Å². The minimum Gasteiger partial charge on any atom is -0.494 e. The lowest BCUT2D eigenvalue weighted by Crippen LogP contribution is -2.07. The molecule has 0 radical (unpaired) electrons. The zero-order valence-electron chi connectivity index (χ0n) is 17.0. The highest BCUT2D eigenvalue weighted by Gasteiger charge is 2.20. The van der Waals surface area contributed by atoms with E-state index in [9.17, 15) is 0 Å². The summed E-state index contributed by atoms with van der Waals surface area (Å²) in [4.78, 5) is 8.55. The van der Waals surface area contributed by atoms with Crippen LogP contribution >= 0.6 is 11.8 Å². The molecule has 9 heteroatoms. The summed E-state index contributed by atoms with van der Waals surface area (Å²) in [7, 11) is 1.59. The summed E-state index contributed by atoms with van der Waals surface area (Å²) in [5.41, 5.74) is 1.78. The Morgan fingerprint density at radius 1 is 1.17 bits per heavy atom. The molecule has 1 unspecified atom stereocenters. The number of ether oxygens (including phenoxy) is 1. The standard InChI is InChI=1S/C21H22N6O2S/c1-4-14(2)27-20(15-8-6-5-7-9-15)24-25-21(27)30-13-18-23-19(26-29-18)16-10-11-22-12-17(16)28-3/h5-12,14H,4,13H2,1-3H3. The number of rotatable bonds is 8. The van der Waals surface area contributed by atoms with E-state index in [1.165, 1.54) is 11.8 Å². The van der Waals surface area contributed by atoms with E-state index in [2.05, 4.69) is 43.7 Å². The van der Waals surface area contributed by atoms with E-state index in [0.29, 0.717) is 23.2 Å². The zero-order valence-corrected chi connectivity index (χ0v) is 17.8. The van der Waals surface area contributed by atoms with Crippen LogP contribution in [0, 0.1) is 0 Å². The van der Waals surface area contributed by atoms with Crippen LogP contribution in [0.1, 0.15) is 32.2 Å². The van der Waals surface area contributed by atoms with Crippen LogP contribution in [0.4, 0.5) is 0 Å². The second-order valence-corrected chi connectivity index (χ2v) is 7.62. The van der Waals surface area contributed by atoms with Crippen molar-refractivity contribution in [1.82, 2.24) is 29.9 Å². The maximum atomic E-state index is 5.44. The van der Waals surface area contributed by atoms with Gasteiger partial charge in [0.05, 0.1) is 24.6 Å². The molecule has 30 heavy (non-hydrogen) atoms. The first kappa shape index (κ1) is 20.1. The number of hydrogen-bond acceptors (Lipinski definition) is 8. The van der Waals surface area contributed by atoms with Crippen LogP contribution in [0.3, 0.4) is 0 Å². The number of nitrogens with zero attached hydrogens (tertiary/aromatic N) is 6. The summed E-state index contributed by atoms with van der Waals surface area (Å²) in [5, 5.41) is 13.8. The fourth-order valence-corrected chi connectivity index (χ4v) is 3.89. The van der Waals surface area contributed by atoms with Crippen LogP contribution in [0.2, 0.25) is 0 Å². The van der Waals surface area contributed by atoms with Gasteiger partial charge in [0.1, 0.15) is 5.75 Å². The quantitative estimate of drug-likeness (QED) is 0.379. The molecule has 0 saturated carbocycles. The predicted octanol–water partition coefficient (Wildman–Crippen LogP) is 4.66. The predicted molar refractivity (Wildman–Crippen MR) is 114 cm³/mol. The molecule has 0 aliphatic carbocycles. The second-order valence-electron chi connectivity index (χ2n) is 6.68. The molecular weight excluding hydrogens is 400 g/mol. The molecule has 0 amide bonds. The minimum absolute atomic E-state index is 0.261. The van der Waals surface area contributed by atoms with Gasteiger partial charge in [0, 0.05) is 17.8 Å². The van der Waals surface area contributed by atoms with Crippen molar-refractivity contribution >= 4 is 11.8 Å². The third-order valence-electron chi connectivity index (χ3n) is 4.77. The summed E-state index contributed by atoms with van der Waals surface area (Å²) in [6, 6.07) is 12.2. The Morgan fingerprint density at radius 2 is 2.00 bits per heavy atom. The van der Waals surface area contributed by atoms with Crippen molar-refractivity contribution < 1.29 is 9.26 Å². The highest BCUT2D eigenvalue weighted by molar-refractivity contribution is 7.98. The van der Waals surface area contributed by atoms with Gasteiger partial charge in [-0.15, -0.1) is 10.2 Å². The molecule has 0 spiro atoms. The highest BCUT2D eigenvalue weighted by Crippen LogP contribution is 2.31. The Morgan fingerprint density at radius 3 is 2.77 bits per heavy atom. The van der Waals surface area contributed by atoms with Crippen molar-refractivity contribution in [2.45, 2.75) is 37.2 Å². The first-order chi connectivity index (χ1) is 14.7. The van der Waals surface area contributed by atoms with Gasteiger partial charge in [0.25, 0.3) is 0 Å². The molecule has 4 aromatic rings. The highest BCUT2D eigenvalue weighted by atomic mass is 32.2. The third-order valence-corrected chi connectivity index (χ3v) is 5.69. The van der Waals surface area contributed by atoms with Crippen molar-refractivity contribution in [1.29, 1.82) is 0 Å². The van der Waals surface area contributed by atoms with Gasteiger partial charge in [-0.25, -0.2) is 0 Å². The number of thioether (sulfide) groups is 1. The lowest BCUT2D eigenvalue weighted by molar-refractivity contribution is 0.390. The Bertz CT molecular complexity index is 1110. The molecule has 0 aliphatic heterocycles. The van der Waals surface area contributed by atoms with Crippen molar-refractivity contribution in [3.8, 4) is 28.5 Å². The summed E-state index contributed by atoms with van der Waals surface area (Å²) < 4.78 is 12.9. The van der Waals surface area contributed by atoms with Crippen molar-refractivity contribution in [3.63, 3.8) is 0 Å². The molecule has 0 N–H and O–H groups in total. The van der Waals surface area contributed by atoms with E-state index < -0.39 is 0 Å². The molecule has 1 aromatic carbocycles. The van der Waals surface area contributed by atoms with Gasteiger partial charge in [0.2, 0.25) is 11.7 Å². The molecule has 3 aromatic heterocycles. The van der Waals surface area contributed by atoms with E-state index >= 15 is 0 Å². The number of benzene rings is 1. The van der Waals surface area contributed by atoms with Gasteiger partial charge < -0.3 is 9.26 Å². The van der Waals surface area contributed by atoms with E-state index in [4.69, 9.17) is 9.26 Å². The van der Waals surface area contributed by atoms with Crippen molar-refractivity contribution in [2.75, 3.05) is 7.11 Å². The van der Waals surface area contributed by atoms with Gasteiger partial charge in [-0.3, -0.25) is 9.55 Å². The molecule has 0 fully saturated rings. The number of methoxy groups -OCH3 is 1. The number of hydrogen-bond donors (Lipinski definition) is 0. The monoisotopic (exact) mass is 422 g/mol. The van der Waals surface area contributed by atoms with E-state index in [0.717, 1.165) is 28.5 Å². The average molecular weight is 423 g/mol. The Hall–Kier alpha value is -3.20. The summed E-state index contributed by atoms with van der Waals surface area (Å²) in [6.07, 6.45) is 4.26. The van der Waals surface area contributed by atoms with Gasteiger partial charge in [0.15, 0.2) is 11.0 Å².